The molecule has 0 bridgehead atoms. The number of aryl methyl sites for hydroxylation is 1. The highest BCUT2D eigenvalue weighted by molar-refractivity contribution is 7.09. The lowest BCUT2D eigenvalue weighted by Gasteiger charge is -2.10. The lowest BCUT2D eigenvalue weighted by Crippen LogP contribution is -2.04. The average Bonchev–Trinajstić information content (AvgIpc) is 2.63. The van der Waals surface area contributed by atoms with Crippen molar-refractivity contribution in [1.29, 1.82) is 0 Å². The molecule has 1 unspecified atom stereocenters. The number of aromatic nitrogens is 1. The summed E-state index contributed by atoms with van der Waals surface area (Å²) in [6.07, 6.45) is -0.586. The van der Waals surface area contributed by atoms with E-state index in [1.165, 1.54) is 23.5 Å². The summed E-state index contributed by atoms with van der Waals surface area (Å²) in [4.78, 5) is 4.23. The first kappa shape index (κ1) is 12.5. The van der Waals surface area contributed by atoms with Gasteiger partial charge < -0.3 is 5.11 Å². The van der Waals surface area contributed by atoms with Crippen LogP contribution in [0.2, 0.25) is 5.02 Å². The maximum atomic E-state index is 13.5. The van der Waals surface area contributed by atoms with Crippen molar-refractivity contribution >= 4 is 22.9 Å². The van der Waals surface area contributed by atoms with Gasteiger partial charge in [-0.1, -0.05) is 17.7 Å². The van der Waals surface area contributed by atoms with E-state index in [4.69, 9.17) is 11.6 Å². The molecule has 90 valence electrons. The number of halogens is 2. The first-order valence-corrected chi connectivity index (χ1v) is 6.36. The van der Waals surface area contributed by atoms with Gasteiger partial charge in [0.2, 0.25) is 0 Å². The Morgan fingerprint density at radius 2 is 2.29 bits per heavy atom. The van der Waals surface area contributed by atoms with Crippen LogP contribution in [0.3, 0.4) is 0 Å². The van der Waals surface area contributed by atoms with Gasteiger partial charge in [0.05, 0.1) is 16.8 Å². The summed E-state index contributed by atoms with van der Waals surface area (Å²) in [6.45, 7) is 1.89. The topological polar surface area (TPSA) is 33.1 Å². The predicted octanol–water partition coefficient (Wildman–Crippen LogP) is 3.52. The maximum Gasteiger partial charge on any atom is 0.130 e. The fourth-order valence-corrected chi connectivity index (χ4v) is 2.37. The molecule has 0 aliphatic rings. The summed E-state index contributed by atoms with van der Waals surface area (Å²) in [6, 6.07) is 4.27. The molecule has 1 atom stereocenters. The van der Waals surface area contributed by atoms with Crippen LogP contribution in [0.25, 0.3) is 0 Å². The number of hydrogen-bond acceptors (Lipinski definition) is 3. The number of rotatable bonds is 3. The number of benzene rings is 1. The summed E-state index contributed by atoms with van der Waals surface area (Å²) in [5, 5.41) is 13.1. The van der Waals surface area contributed by atoms with Gasteiger partial charge in [0.25, 0.3) is 0 Å². The molecule has 0 saturated carbocycles. The van der Waals surface area contributed by atoms with Crippen LogP contribution >= 0.6 is 22.9 Å². The van der Waals surface area contributed by atoms with Gasteiger partial charge in [0.1, 0.15) is 5.82 Å². The minimum Gasteiger partial charge on any atom is -0.388 e. The summed E-state index contributed by atoms with van der Waals surface area (Å²) >= 11 is 7.16. The molecule has 0 spiro atoms. The van der Waals surface area contributed by atoms with Crippen molar-refractivity contribution in [1.82, 2.24) is 4.98 Å². The molecular formula is C12H11ClFNOS. The fraction of sp³-hybridized carbons (Fsp3) is 0.250. The van der Waals surface area contributed by atoms with Crippen molar-refractivity contribution in [3.05, 3.63) is 50.7 Å². The molecule has 2 aromatic rings. The number of aliphatic hydroxyl groups is 1. The SMILES string of the molecule is Cc1nc(CC(O)c2ccc(Cl)cc2F)cs1. The van der Waals surface area contributed by atoms with Gasteiger partial charge in [-0.3, -0.25) is 0 Å². The minimum atomic E-state index is -0.895. The number of aliphatic hydroxyl groups excluding tert-OH is 1. The largest absolute Gasteiger partial charge is 0.388 e. The minimum absolute atomic E-state index is 0.250. The van der Waals surface area contributed by atoms with Crippen molar-refractivity contribution in [2.24, 2.45) is 0 Å². The molecule has 2 nitrogen and oxygen atoms in total. The Morgan fingerprint density at radius 3 is 2.88 bits per heavy atom. The van der Waals surface area contributed by atoms with E-state index >= 15 is 0 Å². The Hall–Kier alpha value is -0.970. The van der Waals surface area contributed by atoms with Crippen LogP contribution in [0.4, 0.5) is 4.39 Å². The highest BCUT2D eigenvalue weighted by atomic mass is 35.5. The number of hydrogen-bond donors (Lipinski definition) is 1. The molecule has 17 heavy (non-hydrogen) atoms. The fourth-order valence-electron chi connectivity index (χ4n) is 1.58. The molecular weight excluding hydrogens is 261 g/mol. The lowest BCUT2D eigenvalue weighted by atomic mass is 10.0. The third-order valence-corrected chi connectivity index (χ3v) is 3.45. The molecule has 0 aliphatic carbocycles. The van der Waals surface area contributed by atoms with Crippen LogP contribution in [0, 0.1) is 12.7 Å². The number of thiazole rings is 1. The van der Waals surface area contributed by atoms with E-state index in [1.54, 1.807) is 6.07 Å². The van der Waals surface area contributed by atoms with Crippen molar-refractivity contribution in [3.8, 4) is 0 Å². The van der Waals surface area contributed by atoms with Crippen molar-refractivity contribution in [3.63, 3.8) is 0 Å². The smallest absolute Gasteiger partial charge is 0.130 e. The Bertz CT molecular complexity index is 529. The normalized spacial score (nSPS) is 12.7. The van der Waals surface area contributed by atoms with E-state index in [9.17, 15) is 9.50 Å². The molecule has 1 aromatic carbocycles. The molecule has 1 heterocycles. The molecule has 0 radical (unpaired) electrons. The average molecular weight is 272 g/mol. The molecule has 0 amide bonds. The van der Waals surface area contributed by atoms with Crippen molar-refractivity contribution in [2.45, 2.75) is 19.4 Å². The molecule has 5 heteroatoms. The summed E-state index contributed by atoms with van der Waals surface area (Å²) in [5.74, 6) is -0.489. The third-order valence-electron chi connectivity index (χ3n) is 2.39. The van der Waals surface area contributed by atoms with E-state index in [1.807, 2.05) is 12.3 Å². The molecule has 1 aromatic heterocycles. The van der Waals surface area contributed by atoms with E-state index in [0.717, 1.165) is 10.7 Å². The zero-order valence-corrected chi connectivity index (χ0v) is 10.7. The van der Waals surface area contributed by atoms with Crippen molar-refractivity contribution in [2.75, 3.05) is 0 Å². The third kappa shape index (κ3) is 3.03. The van der Waals surface area contributed by atoms with Gasteiger partial charge in [0.15, 0.2) is 0 Å². The monoisotopic (exact) mass is 271 g/mol. The Kier molecular flexibility index (Phi) is 3.76. The second-order valence-corrected chi connectivity index (χ2v) is 5.24. The number of nitrogens with zero attached hydrogens (tertiary/aromatic N) is 1. The van der Waals surface area contributed by atoms with Gasteiger partial charge in [-0.05, 0) is 19.1 Å². The summed E-state index contributed by atoms with van der Waals surface area (Å²) in [5.41, 5.74) is 1.02. The zero-order chi connectivity index (χ0) is 12.4. The first-order valence-electron chi connectivity index (χ1n) is 5.10. The lowest BCUT2D eigenvalue weighted by molar-refractivity contribution is 0.172. The molecule has 0 saturated heterocycles. The van der Waals surface area contributed by atoms with Gasteiger partial charge in [-0.2, -0.15) is 0 Å². The van der Waals surface area contributed by atoms with Crippen LogP contribution in [-0.4, -0.2) is 10.1 Å². The van der Waals surface area contributed by atoms with Gasteiger partial charge in [-0.15, -0.1) is 11.3 Å². The second-order valence-electron chi connectivity index (χ2n) is 3.74. The second kappa shape index (κ2) is 5.12. The highest BCUT2D eigenvalue weighted by Crippen LogP contribution is 2.24. The molecule has 0 fully saturated rings. The van der Waals surface area contributed by atoms with E-state index in [2.05, 4.69) is 4.98 Å². The summed E-state index contributed by atoms with van der Waals surface area (Å²) < 4.78 is 13.5. The van der Waals surface area contributed by atoms with Crippen LogP contribution in [0.1, 0.15) is 22.4 Å². The Labute approximate surface area is 108 Å². The van der Waals surface area contributed by atoms with Gasteiger partial charge in [-0.25, -0.2) is 9.37 Å². The predicted molar refractivity (Wildman–Crippen MR) is 66.9 cm³/mol. The van der Waals surface area contributed by atoms with E-state index in [-0.39, 0.29) is 5.56 Å². The standard InChI is InChI=1S/C12H11ClFNOS/c1-7-15-9(6-17-7)5-12(16)10-3-2-8(13)4-11(10)14/h2-4,6,12,16H,5H2,1H3. The Morgan fingerprint density at radius 1 is 1.53 bits per heavy atom. The highest BCUT2D eigenvalue weighted by Gasteiger charge is 2.15. The van der Waals surface area contributed by atoms with Crippen LogP contribution in [0.15, 0.2) is 23.6 Å². The maximum absolute atomic E-state index is 13.5. The van der Waals surface area contributed by atoms with Gasteiger partial charge in [0, 0.05) is 22.4 Å². The van der Waals surface area contributed by atoms with Crippen LogP contribution in [0.5, 0.6) is 0 Å². The zero-order valence-electron chi connectivity index (χ0n) is 9.15. The van der Waals surface area contributed by atoms with Crippen LogP contribution in [-0.2, 0) is 6.42 Å². The molecule has 1 N–H and O–H groups in total. The summed E-state index contributed by atoms with van der Waals surface area (Å²) in [7, 11) is 0. The Balaban J connectivity index is 2.17. The first-order chi connectivity index (χ1) is 8.06. The molecule has 2 rings (SSSR count). The molecule has 0 aliphatic heterocycles. The van der Waals surface area contributed by atoms with E-state index < -0.39 is 11.9 Å². The quantitative estimate of drug-likeness (QED) is 0.927. The van der Waals surface area contributed by atoms with Crippen LogP contribution < -0.4 is 0 Å². The van der Waals surface area contributed by atoms with E-state index in [0.29, 0.717) is 11.4 Å². The van der Waals surface area contributed by atoms with Crippen molar-refractivity contribution < 1.29 is 9.50 Å². The van der Waals surface area contributed by atoms with Gasteiger partial charge >= 0.3 is 0 Å².